The van der Waals surface area contributed by atoms with Gasteiger partial charge in [-0.05, 0) is 31.1 Å². The highest BCUT2D eigenvalue weighted by Gasteiger charge is 2.19. The van der Waals surface area contributed by atoms with Crippen LogP contribution in [0, 0.1) is 11.8 Å². The maximum Gasteiger partial charge on any atom is 0.306 e. The number of hydrogen-bond donors (Lipinski definition) is 0. The number of hydrogen-bond acceptors (Lipinski definition) is 6. The molecule has 6 nitrogen and oxygen atoms in total. The Hall–Kier alpha value is -1.59. The van der Waals surface area contributed by atoms with Crippen molar-refractivity contribution in [2.24, 2.45) is 11.8 Å². The normalized spacial score (nSPS) is 12.1. The van der Waals surface area contributed by atoms with Crippen LogP contribution in [0.25, 0.3) is 0 Å². The highest BCUT2D eigenvalue weighted by atomic mass is 16.6. The van der Waals surface area contributed by atoms with Crippen LogP contribution < -0.4 is 0 Å². The van der Waals surface area contributed by atoms with Crippen molar-refractivity contribution >= 4 is 17.9 Å². The van der Waals surface area contributed by atoms with Crippen LogP contribution >= 0.6 is 0 Å². The van der Waals surface area contributed by atoms with Crippen molar-refractivity contribution in [1.82, 2.24) is 0 Å². The second-order valence-electron chi connectivity index (χ2n) is 17.3. The summed E-state index contributed by atoms with van der Waals surface area (Å²) >= 11 is 0. The molecule has 0 aliphatic heterocycles. The maximum absolute atomic E-state index is 12.7. The van der Waals surface area contributed by atoms with E-state index in [9.17, 15) is 14.4 Å². The van der Waals surface area contributed by atoms with Crippen LogP contribution in [0.15, 0.2) is 0 Å². The summed E-state index contributed by atoms with van der Waals surface area (Å²) in [5, 5.41) is 0. The van der Waals surface area contributed by atoms with Gasteiger partial charge in [-0.25, -0.2) is 0 Å². The van der Waals surface area contributed by atoms with Crippen molar-refractivity contribution in [2.45, 2.75) is 265 Å². The van der Waals surface area contributed by atoms with Crippen molar-refractivity contribution in [2.75, 3.05) is 13.2 Å². The molecule has 0 N–H and O–H groups in total. The van der Waals surface area contributed by atoms with E-state index in [2.05, 4.69) is 34.6 Å². The molecule has 6 heteroatoms. The summed E-state index contributed by atoms with van der Waals surface area (Å²) in [4.78, 5) is 37.6. The number of ether oxygens (including phenoxy) is 3. The van der Waals surface area contributed by atoms with Gasteiger partial charge in [-0.2, -0.15) is 0 Å². The fourth-order valence-corrected chi connectivity index (χ4v) is 7.11. The van der Waals surface area contributed by atoms with E-state index in [0.717, 1.165) is 69.6 Å². The Morgan fingerprint density at radius 3 is 0.907 bits per heavy atom. The van der Waals surface area contributed by atoms with Crippen molar-refractivity contribution < 1.29 is 28.6 Å². The van der Waals surface area contributed by atoms with E-state index in [4.69, 9.17) is 14.2 Å². The quantitative estimate of drug-likeness (QED) is 0.0350. The summed E-state index contributed by atoms with van der Waals surface area (Å²) in [7, 11) is 0. The van der Waals surface area contributed by atoms with Gasteiger partial charge in [0.2, 0.25) is 0 Å². The number of rotatable bonds is 42. The van der Waals surface area contributed by atoms with Crippen LogP contribution in [0.3, 0.4) is 0 Å². The van der Waals surface area contributed by atoms with Gasteiger partial charge in [-0.1, -0.05) is 221 Å². The second-order valence-corrected chi connectivity index (χ2v) is 17.3. The lowest BCUT2D eigenvalue weighted by molar-refractivity contribution is -0.167. The molecule has 0 aromatic heterocycles. The molecule has 0 heterocycles. The predicted octanol–water partition coefficient (Wildman–Crippen LogP) is 15.0. The molecule has 54 heavy (non-hydrogen) atoms. The smallest absolute Gasteiger partial charge is 0.306 e. The van der Waals surface area contributed by atoms with Crippen LogP contribution in [-0.2, 0) is 28.6 Å². The lowest BCUT2D eigenvalue weighted by Crippen LogP contribution is -2.30. The Morgan fingerprint density at radius 2 is 0.611 bits per heavy atom. The topological polar surface area (TPSA) is 78.9 Å². The van der Waals surface area contributed by atoms with E-state index in [1.807, 2.05) is 0 Å². The lowest BCUT2D eigenvalue weighted by atomic mass is 10.0. The number of carbonyl (C=O) groups is 3. The van der Waals surface area contributed by atoms with E-state index in [0.29, 0.717) is 19.3 Å². The van der Waals surface area contributed by atoms with Gasteiger partial charge in [0, 0.05) is 19.3 Å². The molecule has 0 amide bonds. The van der Waals surface area contributed by atoms with E-state index >= 15 is 0 Å². The minimum absolute atomic E-state index is 0.0651. The zero-order valence-corrected chi connectivity index (χ0v) is 36.8. The van der Waals surface area contributed by atoms with E-state index in [1.54, 1.807) is 0 Å². The Labute approximate surface area is 336 Å². The van der Waals surface area contributed by atoms with Crippen molar-refractivity contribution in [3.63, 3.8) is 0 Å². The molecule has 320 valence electrons. The van der Waals surface area contributed by atoms with Crippen molar-refractivity contribution in [3.8, 4) is 0 Å². The van der Waals surface area contributed by atoms with Crippen molar-refractivity contribution in [3.05, 3.63) is 0 Å². The molecular formula is C48H92O6. The first kappa shape index (κ1) is 52.4. The Morgan fingerprint density at radius 1 is 0.352 bits per heavy atom. The first-order valence-electron chi connectivity index (χ1n) is 23.7. The van der Waals surface area contributed by atoms with E-state index in [1.165, 1.54) is 148 Å². The Kier molecular flexibility index (Phi) is 39.8. The van der Waals surface area contributed by atoms with Gasteiger partial charge in [0.1, 0.15) is 13.2 Å². The highest BCUT2D eigenvalue weighted by molar-refractivity contribution is 5.71. The Balaban J connectivity index is 4.23. The molecule has 0 saturated carbocycles. The summed E-state index contributed by atoms with van der Waals surface area (Å²) in [5.41, 5.74) is 0. The molecule has 0 radical (unpaired) electrons. The third-order valence-corrected chi connectivity index (χ3v) is 10.7. The summed E-state index contributed by atoms with van der Waals surface area (Å²) in [6, 6.07) is 0. The van der Waals surface area contributed by atoms with Gasteiger partial charge >= 0.3 is 17.9 Å². The largest absolute Gasteiger partial charge is 0.462 e. The molecule has 0 rings (SSSR count). The highest BCUT2D eigenvalue weighted by Crippen LogP contribution is 2.17. The average Bonchev–Trinajstić information content (AvgIpc) is 3.14. The van der Waals surface area contributed by atoms with Crippen LogP contribution in [0.2, 0.25) is 0 Å². The van der Waals surface area contributed by atoms with Gasteiger partial charge in [0.25, 0.3) is 0 Å². The van der Waals surface area contributed by atoms with Crippen LogP contribution in [0.4, 0.5) is 0 Å². The molecule has 0 aliphatic rings. The van der Waals surface area contributed by atoms with Gasteiger partial charge in [-0.3, -0.25) is 14.4 Å². The summed E-state index contributed by atoms with van der Waals surface area (Å²) in [6.45, 7) is 11.3. The summed E-state index contributed by atoms with van der Waals surface area (Å²) in [6.07, 6.45) is 39.6. The third kappa shape index (κ3) is 41.6. The van der Waals surface area contributed by atoms with E-state index in [-0.39, 0.29) is 31.1 Å². The monoisotopic (exact) mass is 765 g/mol. The molecule has 0 saturated heterocycles. The lowest BCUT2D eigenvalue weighted by Gasteiger charge is -2.18. The molecule has 1 atom stereocenters. The van der Waals surface area contributed by atoms with Crippen molar-refractivity contribution in [1.29, 1.82) is 0 Å². The van der Waals surface area contributed by atoms with Gasteiger partial charge < -0.3 is 14.2 Å². The summed E-state index contributed by atoms with van der Waals surface area (Å²) < 4.78 is 16.7. The van der Waals surface area contributed by atoms with Crippen LogP contribution in [-0.4, -0.2) is 37.2 Å². The number of unbranched alkanes of at least 4 members (excludes halogenated alkanes) is 27. The fraction of sp³-hybridized carbons (Fsp3) is 0.938. The average molecular weight is 765 g/mol. The van der Waals surface area contributed by atoms with Crippen LogP contribution in [0.1, 0.15) is 259 Å². The molecule has 0 aromatic rings. The minimum atomic E-state index is -0.759. The van der Waals surface area contributed by atoms with Gasteiger partial charge in [0.05, 0.1) is 0 Å². The zero-order chi connectivity index (χ0) is 39.7. The van der Waals surface area contributed by atoms with Crippen LogP contribution in [0.5, 0.6) is 0 Å². The maximum atomic E-state index is 12.7. The number of carbonyl (C=O) groups excluding carboxylic acids is 3. The standard InChI is InChI=1S/C48H92O6/c1-6-7-8-9-21-28-33-38-46(49)52-41-45(42-53-47(50)39-34-29-24-20-16-18-23-27-32-37-44(4)5)54-48(51)40-35-30-25-19-15-13-11-10-12-14-17-22-26-31-36-43(2)3/h43-45H,6-42H2,1-5H3/t45-/m0/s1. The zero-order valence-electron chi connectivity index (χ0n) is 36.8. The second kappa shape index (κ2) is 41.1. The third-order valence-electron chi connectivity index (χ3n) is 10.7. The minimum Gasteiger partial charge on any atom is -0.462 e. The van der Waals surface area contributed by atoms with Gasteiger partial charge in [0.15, 0.2) is 6.10 Å². The molecule has 0 fully saturated rings. The number of esters is 3. The fourth-order valence-electron chi connectivity index (χ4n) is 7.11. The molecule has 0 bridgehead atoms. The molecule has 0 unspecified atom stereocenters. The van der Waals surface area contributed by atoms with Gasteiger partial charge in [-0.15, -0.1) is 0 Å². The predicted molar refractivity (Wildman–Crippen MR) is 229 cm³/mol. The molecule has 0 aliphatic carbocycles. The molecule has 0 aromatic carbocycles. The molecular weight excluding hydrogens is 673 g/mol. The molecule has 0 spiro atoms. The van der Waals surface area contributed by atoms with E-state index < -0.39 is 6.10 Å². The first-order valence-corrected chi connectivity index (χ1v) is 23.7. The SMILES string of the molecule is CCCCCCCCCC(=O)OC[C@@H](COC(=O)CCCCCCCCCCCC(C)C)OC(=O)CCCCCCCCCCCCCCCCC(C)C. The summed E-state index contributed by atoms with van der Waals surface area (Å²) in [5.74, 6) is 0.791. The first-order chi connectivity index (χ1) is 26.2. The Bertz CT molecular complexity index is 824.